The Morgan fingerprint density at radius 2 is 1.66 bits per heavy atom. The maximum atomic E-state index is 13.5. The van der Waals surface area contributed by atoms with Crippen LogP contribution in [0.15, 0.2) is 72.1 Å². The van der Waals surface area contributed by atoms with Crippen molar-refractivity contribution in [2.75, 3.05) is 46.3 Å². The van der Waals surface area contributed by atoms with Gasteiger partial charge < -0.3 is 10.2 Å². The molecule has 5 rings (SSSR count). The van der Waals surface area contributed by atoms with Gasteiger partial charge in [-0.3, -0.25) is 19.4 Å². The van der Waals surface area contributed by atoms with Gasteiger partial charge in [-0.2, -0.15) is 0 Å². The quantitative estimate of drug-likeness (QED) is 0.552. The summed E-state index contributed by atoms with van der Waals surface area (Å²) in [7, 11) is 1.80. The zero-order valence-electron chi connectivity index (χ0n) is 20.1. The first-order chi connectivity index (χ1) is 17.1. The summed E-state index contributed by atoms with van der Waals surface area (Å²) in [4.78, 5) is 34.3. The maximum absolute atomic E-state index is 13.5. The van der Waals surface area contributed by atoms with Gasteiger partial charge in [0.1, 0.15) is 0 Å². The molecule has 0 bridgehead atoms. The van der Waals surface area contributed by atoms with E-state index in [0.717, 1.165) is 49.7 Å². The van der Waals surface area contributed by atoms with Crippen molar-refractivity contribution in [2.24, 2.45) is 0 Å². The predicted octanol–water partition coefficient (Wildman–Crippen LogP) is 3.59. The Hall–Kier alpha value is -3.00. The second kappa shape index (κ2) is 10.7. The molecule has 1 saturated heterocycles. The van der Waals surface area contributed by atoms with E-state index in [1.807, 2.05) is 41.8 Å². The fourth-order valence-electron chi connectivity index (χ4n) is 5.23. The molecule has 7 heteroatoms. The largest absolute Gasteiger partial charge is 0.354 e. The third-order valence-electron chi connectivity index (χ3n) is 7.14. The molecule has 35 heavy (non-hydrogen) atoms. The zero-order valence-corrected chi connectivity index (χ0v) is 20.9. The first-order valence-corrected chi connectivity index (χ1v) is 13.2. The molecule has 1 aromatic heterocycles. The van der Waals surface area contributed by atoms with Crippen molar-refractivity contribution >= 4 is 23.2 Å². The number of thiophene rings is 1. The molecule has 0 unspecified atom stereocenters. The lowest BCUT2D eigenvalue weighted by molar-refractivity contribution is -0.124. The van der Waals surface area contributed by atoms with Gasteiger partial charge in [0.2, 0.25) is 5.91 Å². The Morgan fingerprint density at radius 3 is 2.40 bits per heavy atom. The first kappa shape index (κ1) is 23.7. The average molecular weight is 489 g/mol. The van der Waals surface area contributed by atoms with Crippen LogP contribution in [0.2, 0.25) is 0 Å². The summed E-state index contributed by atoms with van der Waals surface area (Å²) in [6.45, 7) is 6.50. The lowest BCUT2D eigenvalue weighted by Crippen LogP contribution is -2.49. The van der Waals surface area contributed by atoms with Crippen molar-refractivity contribution in [3.8, 4) is 0 Å². The lowest BCUT2D eigenvalue weighted by atomic mass is 9.82. The number of hydrogen-bond donors (Lipinski definition) is 1. The topological polar surface area (TPSA) is 55.9 Å². The molecule has 2 atom stereocenters. The zero-order chi connectivity index (χ0) is 24.2. The molecular formula is C28H32N4O2S. The number of benzene rings is 2. The number of carbonyl (C=O) groups is 2. The van der Waals surface area contributed by atoms with Crippen LogP contribution < -0.4 is 5.32 Å². The summed E-state index contributed by atoms with van der Waals surface area (Å²) in [6.07, 6.45) is 0. The molecule has 2 aliphatic heterocycles. The molecule has 182 valence electrons. The first-order valence-electron chi connectivity index (χ1n) is 12.3. The van der Waals surface area contributed by atoms with E-state index >= 15 is 0 Å². The molecular weight excluding hydrogens is 456 g/mol. The predicted molar refractivity (Wildman–Crippen MR) is 140 cm³/mol. The highest BCUT2D eigenvalue weighted by Gasteiger charge is 2.42. The lowest BCUT2D eigenvalue weighted by Gasteiger charge is -2.39. The standard InChI is InChI=1S/C28H32N4O2S/c1-30-26(24-12-7-19-35-24)25(22-10-5-6-11-23(22)28(30)34)27(33)29-13-14-31-15-17-32(18-16-31)20-21-8-3-2-4-9-21/h2-12,19,25-26H,13-18,20H2,1H3,(H,29,33)/t25-,26+/m1/s1. The molecule has 6 nitrogen and oxygen atoms in total. The van der Waals surface area contributed by atoms with E-state index in [1.54, 1.807) is 23.3 Å². The number of hydrogen-bond acceptors (Lipinski definition) is 5. The molecule has 0 radical (unpaired) electrons. The van der Waals surface area contributed by atoms with Crippen molar-refractivity contribution in [3.63, 3.8) is 0 Å². The van der Waals surface area contributed by atoms with Crippen LogP contribution in [0.5, 0.6) is 0 Å². The number of piperazine rings is 1. The van der Waals surface area contributed by atoms with Gasteiger partial charge >= 0.3 is 0 Å². The fraction of sp³-hybridized carbons (Fsp3) is 0.357. The number of nitrogens with zero attached hydrogens (tertiary/aromatic N) is 3. The van der Waals surface area contributed by atoms with Crippen LogP contribution in [-0.4, -0.2) is 72.8 Å². The third kappa shape index (κ3) is 5.17. The van der Waals surface area contributed by atoms with E-state index in [2.05, 4.69) is 45.4 Å². The molecule has 1 N–H and O–H groups in total. The number of nitrogens with one attached hydrogen (secondary N) is 1. The maximum Gasteiger partial charge on any atom is 0.254 e. The van der Waals surface area contributed by atoms with Crippen LogP contribution in [0.25, 0.3) is 0 Å². The summed E-state index contributed by atoms with van der Waals surface area (Å²) in [5.41, 5.74) is 2.79. The van der Waals surface area contributed by atoms with Crippen LogP contribution >= 0.6 is 11.3 Å². The van der Waals surface area contributed by atoms with Gasteiger partial charge in [-0.25, -0.2) is 0 Å². The summed E-state index contributed by atoms with van der Waals surface area (Å²) in [5.74, 6) is -0.468. The molecule has 0 saturated carbocycles. The van der Waals surface area contributed by atoms with E-state index in [1.165, 1.54) is 5.56 Å². The van der Waals surface area contributed by atoms with Crippen molar-refractivity contribution in [1.82, 2.24) is 20.0 Å². The van der Waals surface area contributed by atoms with E-state index in [0.29, 0.717) is 12.1 Å². The summed E-state index contributed by atoms with van der Waals surface area (Å²) < 4.78 is 0. The molecule has 0 spiro atoms. The SMILES string of the molecule is CN1C(=O)c2ccccc2[C@@H](C(=O)NCCN2CCN(Cc3ccccc3)CC2)[C@@H]1c1cccs1. The van der Waals surface area contributed by atoms with Crippen LogP contribution in [0.4, 0.5) is 0 Å². The summed E-state index contributed by atoms with van der Waals surface area (Å²) in [6, 6.07) is 21.8. The highest BCUT2D eigenvalue weighted by molar-refractivity contribution is 7.10. The average Bonchev–Trinajstić information content (AvgIpc) is 3.42. The smallest absolute Gasteiger partial charge is 0.254 e. The van der Waals surface area contributed by atoms with E-state index in [9.17, 15) is 9.59 Å². The highest BCUT2D eigenvalue weighted by atomic mass is 32.1. The fourth-order valence-corrected chi connectivity index (χ4v) is 6.14. The van der Waals surface area contributed by atoms with Crippen LogP contribution in [-0.2, 0) is 11.3 Å². The summed E-state index contributed by atoms with van der Waals surface area (Å²) in [5, 5.41) is 5.19. The van der Waals surface area contributed by atoms with Crippen molar-refractivity contribution in [1.29, 1.82) is 0 Å². The second-order valence-electron chi connectivity index (χ2n) is 9.34. The molecule has 2 aliphatic rings. The molecule has 2 aromatic carbocycles. The Kier molecular flexibility index (Phi) is 7.27. The van der Waals surface area contributed by atoms with Crippen molar-refractivity contribution in [2.45, 2.75) is 18.5 Å². The van der Waals surface area contributed by atoms with E-state index in [-0.39, 0.29) is 17.9 Å². The van der Waals surface area contributed by atoms with Gasteiger partial charge in [-0.05, 0) is 28.6 Å². The van der Waals surface area contributed by atoms with Gasteiger partial charge in [0.25, 0.3) is 5.91 Å². The van der Waals surface area contributed by atoms with E-state index < -0.39 is 5.92 Å². The Labute approximate surface area is 211 Å². The number of carbonyl (C=O) groups excluding carboxylic acids is 2. The molecule has 0 aliphatic carbocycles. The highest BCUT2D eigenvalue weighted by Crippen LogP contribution is 2.43. The van der Waals surface area contributed by atoms with E-state index in [4.69, 9.17) is 0 Å². The van der Waals surface area contributed by atoms with Crippen LogP contribution in [0.1, 0.15) is 38.3 Å². The Bertz CT molecular complexity index is 1140. The minimum atomic E-state index is -0.421. The third-order valence-corrected chi connectivity index (χ3v) is 8.08. The number of likely N-dealkylation sites (N-methyl/N-ethyl adjacent to an activating group) is 1. The number of fused-ring (bicyclic) bond motifs is 1. The van der Waals surface area contributed by atoms with Gasteiger partial charge in [0, 0.05) is 63.3 Å². The van der Waals surface area contributed by atoms with Crippen LogP contribution in [0, 0.1) is 0 Å². The monoisotopic (exact) mass is 488 g/mol. The van der Waals surface area contributed by atoms with Gasteiger partial charge in [-0.1, -0.05) is 54.6 Å². The van der Waals surface area contributed by atoms with Crippen LogP contribution in [0.3, 0.4) is 0 Å². The second-order valence-corrected chi connectivity index (χ2v) is 10.3. The van der Waals surface area contributed by atoms with Gasteiger partial charge in [-0.15, -0.1) is 11.3 Å². The van der Waals surface area contributed by atoms with Crippen molar-refractivity contribution < 1.29 is 9.59 Å². The molecule has 3 aromatic rings. The molecule has 2 amide bonds. The number of amides is 2. The molecule has 3 heterocycles. The Balaban J connectivity index is 1.20. The Morgan fingerprint density at radius 1 is 0.943 bits per heavy atom. The number of rotatable bonds is 7. The molecule has 1 fully saturated rings. The normalized spacial score (nSPS) is 21.1. The minimum absolute atomic E-state index is 0.0158. The summed E-state index contributed by atoms with van der Waals surface area (Å²) >= 11 is 1.59. The van der Waals surface area contributed by atoms with Crippen molar-refractivity contribution in [3.05, 3.63) is 93.7 Å². The van der Waals surface area contributed by atoms with Gasteiger partial charge in [0.05, 0.1) is 12.0 Å². The minimum Gasteiger partial charge on any atom is -0.354 e. The van der Waals surface area contributed by atoms with Gasteiger partial charge in [0.15, 0.2) is 0 Å².